The van der Waals surface area contributed by atoms with Crippen LogP contribution in [0.4, 0.5) is 18.9 Å². The number of aryl methyl sites for hydroxylation is 2. The highest BCUT2D eigenvalue weighted by atomic mass is 19.4. The maximum absolute atomic E-state index is 13.1. The number of para-hydroxylation sites is 1. The fraction of sp³-hybridized carbons (Fsp3) is 0.263. The molecule has 3 aromatic rings. The van der Waals surface area contributed by atoms with Gasteiger partial charge in [-0.2, -0.15) is 13.2 Å². The van der Waals surface area contributed by atoms with Gasteiger partial charge < -0.3 is 19.0 Å². The maximum atomic E-state index is 13.1. The average molecular weight is 423 g/mol. The number of alkyl halides is 3. The Morgan fingerprint density at radius 2 is 1.93 bits per heavy atom. The Morgan fingerprint density at radius 1 is 1.27 bits per heavy atom. The zero-order chi connectivity index (χ0) is 22.2. The van der Waals surface area contributed by atoms with Gasteiger partial charge in [0, 0.05) is 7.05 Å². The molecule has 158 valence electrons. The van der Waals surface area contributed by atoms with Crippen molar-refractivity contribution in [2.45, 2.75) is 26.1 Å². The van der Waals surface area contributed by atoms with E-state index in [0.717, 1.165) is 16.7 Å². The molecule has 0 aliphatic rings. The van der Waals surface area contributed by atoms with Gasteiger partial charge in [0.1, 0.15) is 23.0 Å². The number of aromatic nitrogens is 2. The molecule has 1 N–H and O–H groups in total. The normalized spacial score (nSPS) is 12.6. The maximum Gasteiger partial charge on any atom is 0.418 e. The van der Waals surface area contributed by atoms with Crippen LogP contribution in [0.25, 0.3) is 11.1 Å². The summed E-state index contributed by atoms with van der Waals surface area (Å²) < 4.78 is 50.7. The molecular weight excluding hydrogens is 407 g/mol. The van der Waals surface area contributed by atoms with Gasteiger partial charge in [-0.3, -0.25) is 9.59 Å². The zero-order valence-electron chi connectivity index (χ0n) is 16.0. The molecule has 0 radical (unpaired) electrons. The number of hydrogen-bond donors (Lipinski definition) is 1. The second-order valence-electron chi connectivity index (χ2n) is 6.45. The zero-order valence-corrected chi connectivity index (χ0v) is 16.0. The number of anilines is 1. The van der Waals surface area contributed by atoms with Crippen LogP contribution in [-0.2, 0) is 22.8 Å². The molecule has 0 aliphatic heterocycles. The lowest BCUT2D eigenvalue weighted by Crippen LogP contribution is -2.31. The highest BCUT2D eigenvalue weighted by Gasteiger charge is 2.34. The van der Waals surface area contributed by atoms with E-state index in [9.17, 15) is 27.6 Å². The van der Waals surface area contributed by atoms with Crippen molar-refractivity contribution in [1.82, 2.24) is 9.55 Å². The average Bonchev–Trinajstić information content (AvgIpc) is 3.01. The fourth-order valence-corrected chi connectivity index (χ4v) is 2.78. The van der Waals surface area contributed by atoms with Crippen molar-refractivity contribution < 1.29 is 31.9 Å². The van der Waals surface area contributed by atoms with E-state index in [-0.39, 0.29) is 22.4 Å². The number of fused-ring (bicyclic) bond motifs is 1. The Hall–Kier alpha value is -3.63. The van der Waals surface area contributed by atoms with Gasteiger partial charge in [0.2, 0.25) is 5.71 Å². The summed E-state index contributed by atoms with van der Waals surface area (Å²) >= 11 is 0. The molecule has 30 heavy (non-hydrogen) atoms. The van der Waals surface area contributed by atoms with Gasteiger partial charge in [-0.05, 0) is 26.0 Å². The topological polar surface area (TPSA) is 103 Å². The van der Waals surface area contributed by atoms with Crippen LogP contribution in [0.15, 0.2) is 39.8 Å². The lowest BCUT2D eigenvalue weighted by molar-refractivity contribution is -0.137. The van der Waals surface area contributed by atoms with Crippen molar-refractivity contribution in [3.8, 4) is 0 Å². The molecule has 2 aromatic heterocycles. The minimum Gasteiger partial charge on any atom is -0.449 e. The molecule has 3 rings (SSSR count). The van der Waals surface area contributed by atoms with E-state index in [2.05, 4.69) is 10.3 Å². The molecule has 0 saturated carbocycles. The van der Waals surface area contributed by atoms with Gasteiger partial charge in [0.25, 0.3) is 11.5 Å². The Labute approximate surface area is 167 Å². The SMILES string of the molecule is Cc1oc2ncn(C)c(=O)c2c1C(=O)OC(C)C(=O)Nc1ccccc1C(F)(F)F. The molecule has 1 unspecified atom stereocenters. The van der Waals surface area contributed by atoms with E-state index in [0.29, 0.717) is 0 Å². The summed E-state index contributed by atoms with van der Waals surface area (Å²) in [6.07, 6.45) is -4.91. The monoisotopic (exact) mass is 423 g/mol. The summed E-state index contributed by atoms with van der Waals surface area (Å²) in [6.45, 7) is 2.61. The van der Waals surface area contributed by atoms with Gasteiger partial charge in [0.15, 0.2) is 6.10 Å². The van der Waals surface area contributed by atoms with E-state index in [1.54, 1.807) is 0 Å². The fourth-order valence-electron chi connectivity index (χ4n) is 2.78. The number of rotatable bonds is 4. The second-order valence-corrected chi connectivity index (χ2v) is 6.45. The number of furan rings is 1. The molecular formula is C19H16F3N3O5. The lowest BCUT2D eigenvalue weighted by Gasteiger charge is -2.16. The van der Waals surface area contributed by atoms with Crippen LogP contribution >= 0.6 is 0 Å². The number of ether oxygens (including phenoxy) is 1. The van der Waals surface area contributed by atoms with Gasteiger partial charge in [0.05, 0.1) is 11.3 Å². The molecule has 0 bridgehead atoms. The number of carbonyl (C=O) groups excluding carboxylic acids is 2. The third-order valence-corrected chi connectivity index (χ3v) is 4.30. The molecule has 11 heteroatoms. The molecule has 1 amide bonds. The van der Waals surface area contributed by atoms with E-state index in [1.807, 2.05) is 0 Å². The van der Waals surface area contributed by atoms with Crippen LogP contribution in [0.5, 0.6) is 0 Å². The van der Waals surface area contributed by atoms with Gasteiger partial charge in [-0.15, -0.1) is 0 Å². The number of benzene rings is 1. The van der Waals surface area contributed by atoms with Crippen LogP contribution in [0.1, 0.15) is 28.6 Å². The predicted octanol–water partition coefficient (Wildman–Crippen LogP) is 3.04. The number of nitrogens with zero attached hydrogens (tertiary/aromatic N) is 2. The summed E-state index contributed by atoms with van der Waals surface area (Å²) in [6, 6.07) is 4.41. The van der Waals surface area contributed by atoms with Crippen LogP contribution in [0, 0.1) is 6.92 Å². The summed E-state index contributed by atoms with van der Waals surface area (Å²) in [5.41, 5.74) is -2.34. The quantitative estimate of drug-likeness (QED) is 0.647. The standard InChI is InChI=1S/C19H16F3N3O5/c1-9-13(14-16(29-9)23-8-25(3)17(14)27)18(28)30-10(2)15(26)24-12-7-5-4-6-11(12)19(20,21)22/h4-8,10H,1-3H3,(H,24,26). The van der Waals surface area contributed by atoms with E-state index < -0.39 is 41.0 Å². The van der Waals surface area contributed by atoms with Gasteiger partial charge in [-0.1, -0.05) is 12.1 Å². The highest BCUT2D eigenvalue weighted by molar-refractivity contribution is 6.05. The van der Waals surface area contributed by atoms with Gasteiger partial charge >= 0.3 is 12.1 Å². The Bertz CT molecular complexity index is 1200. The van der Waals surface area contributed by atoms with E-state index in [4.69, 9.17) is 9.15 Å². The van der Waals surface area contributed by atoms with Crippen molar-refractivity contribution in [3.63, 3.8) is 0 Å². The number of amides is 1. The minimum absolute atomic E-state index is 0.0563. The van der Waals surface area contributed by atoms with E-state index >= 15 is 0 Å². The first kappa shape index (κ1) is 21.1. The Kier molecular flexibility index (Phi) is 5.38. The summed E-state index contributed by atoms with van der Waals surface area (Å²) in [7, 11) is 1.43. The Balaban J connectivity index is 1.83. The molecule has 8 nitrogen and oxygen atoms in total. The number of esters is 1. The third kappa shape index (κ3) is 3.91. The number of halogens is 3. The van der Waals surface area contributed by atoms with Gasteiger partial charge in [-0.25, -0.2) is 9.78 Å². The smallest absolute Gasteiger partial charge is 0.418 e. The van der Waals surface area contributed by atoms with Crippen molar-refractivity contribution in [1.29, 1.82) is 0 Å². The highest BCUT2D eigenvalue weighted by Crippen LogP contribution is 2.34. The summed E-state index contributed by atoms with van der Waals surface area (Å²) in [5, 5.41) is 1.99. The Morgan fingerprint density at radius 3 is 2.60 bits per heavy atom. The van der Waals surface area contributed by atoms with Crippen molar-refractivity contribution >= 4 is 28.7 Å². The molecule has 0 aliphatic carbocycles. The summed E-state index contributed by atoms with van der Waals surface area (Å²) in [5.74, 6) is -1.96. The van der Waals surface area contributed by atoms with Crippen molar-refractivity contribution in [3.05, 3.63) is 57.8 Å². The summed E-state index contributed by atoms with van der Waals surface area (Å²) in [4.78, 5) is 41.1. The van der Waals surface area contributed by atoms with Crippen LogP contribution in [0.3, 0.4) is 0 Å². The number of nitrogens with one attached hydrogen (secondary N) is 1. The van der Waals surface area contributed by atoms with Crippen LogP contribution < -0.4 is 10.9 Å². The van der Waals surface area contributed by atoms with Crippen LogP contribution in [0.2, 0.25) is 0 Å². The first-order chi connectivity index (χ1) is 14.0. The molecule has 0 spiro atoms. The number of hydrogen-bond acceptors (Lipinski definition) is 6. The molecule has 0 fully saturated rings. The predicted molar refractivity (Wildman–Crippen MR) is 98.9 cm³/mol. The van der Waals surface area contributed by atoms with Crippen LogP contribution in [-0.4, -0.2) is 27.5 Å². The second kappa shape index (κ2) is 7.65. The molecule has 2 heterocycles. The molecule has 1 atom stereocenters. The molecule has 0 saturated heterocycles. The minimum atomic E-state index is -4.68. The third-order valence-electron chi connectivity index (χ3n) is 4.30. The van der Waals surface area contributed by atoms with E-state index in [1.165, 1.54) is 39.4 Å². The lowest BCUT2D eigenvalue weighted by atomic mass is 10.1. The van der Waals surface area contributed by atoms with Crippen molar-refractivity contribution in [2.24, 2.45) is 7.05 Å². The van der Waals surface area contributed by atoms with Crippen molar-refractivity contribution in [2.75, 3.05) is 5.32 Å². The molecule has 1 aromatic carbocycles. The largest absolute Gasteiger partial charge is 0.449 e. The first-order valence-corrected chi connectivity index (χ1v) is 8.63. The number of carbonyl (C=O) groups is 2. The first-order valence-electron chi connectivity index (χ1n) is 8.63.